The second-order valence-corrected chi connectivity index (χ2v) is 6.87. The summed E-state index contributed by atoms with van der Waals surface area (Å²) in [4.78, 5) is 23.9. The van der Waals surface area contributed by atoms with Crippen molar-refractivity contribution in [2.24, 2.45) is 0 Å². The highest BCUT2D eigenvalue weighted by atomic mass is 19.2. The van der Waals surface area contributed by atoms with Crippen molar-refractivity contribution in [2.45, 2.75) is 26.9 Å². The Hall–Kier alpha value is -3.75. The van der Waals surface area contributed by atoms with Crippen LogP contribution in [0.2, 0.25) is 0 Å². The third-order valence-corrected chi connectivity index (χ3v) is 4.50. The molecule has 0 bridgehead atoms. The topological polar surface area (TPSA) is 93.5 Å². The number of nitrogens with one attached hydrogen (secondary N) is 2. The van der Waals surface area contributed by atoms with E-state index in [2.05, 4.69) is 15.8 Å². The number of rotatable bonds is 8. The Morgan fingerprint density at radius 2 is 1.77 bits per heavy atom. The van der Waals surface area contributed by atoms with E-state index in [1.54, 1.807) is 24.3 Å². The summed E-state index contributed by atoms with van der Waals surface area (Å²) in [5.74, 6) is -1.64. The summed E-state index contributed by atoms with van der Waals surface area (Å²) < 4.78 is 36.9. The van der Waals surface area contributed by atoms with Crippen LogP contribution >= 0.6 is 0 Å². The number of aromatic nitrogens is 1. The minimum absolute atomic E-state index is 0.0720. The van der Waals surface area contributed by atoms with Crippen LogP contribution in [0.1, 0.15) is 22.6 Å². The average molecular weight is 429 g/mol. The number of hydrogen-bond acceptors (Lipinski definition) is 5. The van der Waals surface area contributed by atoms with Crippen LogP contribution < -0.4 is 15.4 Å². The molecule has 3 aromatic rings. The highest BCUT2D eigenvalue weighted by Crippen LogP contribution is 2.18. The zero-order valence-corrected chi connectivity index (χ0v) is 17.0. The lowest BCUT2D eigenvalue weighted by Crippen LogP contribution is -2.33. The Bertz CT molecular complexity index is 1060. The summed E-state index contributed by atoms with van der Waals surface area (Å²) in [5.41, 5.74) is 2.51. The first kappa shape index (κ1) is 21.9. The molecule has 0 aliphatic heterocycles. The molecule has 2 aromatic carbocycles. The predicted molar refractivity (Wildman–Crippen MR) is 108 cm³/mol. The molecule has 0 atom stereocenters. The van der Waals surface area contributed by atoms with Crippen LogP contribution in [0.15, 0.2) is 47.0 Å². The first-order valence-electron chi connectivity index (χ1n) is 9.47. The van der Waals surface area contributed by atoms with Gasteiger partial charge in [-0.05, 0) is 43.7 Å². The van der Waals surface area contributed by atoms with E-state index < -0.39 is 17.5 Å². The minimum atomic E-state index is -1.07. The Kier molecular flexibility index (Phi) is 6.96. The van der Waals surface area contributed by atoms with Gasteiger partial charge in [0.15, 0.2) is 11.6 Å². The van der Waals surface area contributed by atoms with Gasteiger partial charge in [0.2, 0.25) is 11.8 Å². The molecule has 0 fully saturated rings. The van der Waals surface area contributed by atoms with Gasteiger partial charge in [-0.25, -0.2) is 8.78 Å². The standard InChI is InChI=1S/C22H21F2N3O4/c1-13-18(14(2)31-27-13)12-30-17-6-3-15(4-7-17)9-21(28)25-11-22(29)26-16-5-8-19(23)20(24)10-16/h3-8,10H,9,11-12H2,1-2H3,(H,25,28)(H,26,29). The van der Waals surface area contributed by atoms with E-state index in [0.717, 1.165) is 29.0 Å². The molecule has 0 saturated carbocycles. The summed E-state index contributed by atoms with van der Waals surface area (Å²) in [6.07, 6.45) is 0.0720. The number of aryl methyl sites for hydroxylation is 2. The first-order chi connectivity index (χ1) is 14.8. The molecular weight excluding hydrogens is 408 g/mol. The molecule has 1 aromatic heterocycles. The second-order valence-electron chi connectivity index (χ2n) is 6.87. The van der Waals surface area contributed by atoms with Gasteiger partial charge in [0.25, 0.3) is 0 Å². The number of carbonyl (C=O) groups is 2. The van der Waals surface area contributed by atoms with E-state index in [0.29, 0.717) is 18.1 Å². The van der Waals surface area contributed by atoms with Gasteiger partial charge in [0, 0.05) is 11.8 Å². The van der Waals surface area contributed by atoms with Gasteiger partial charge in [-0.2, -0.15) is 0 Å². The lowest BCUT2D eigenvalue weighted by molar-refractivity contribution is -0.123. The molecule has 0 spiro atoms. The molecule has 2 N–H and O–H groups in total. The van der Waals surface area contributed by atoms with E-state index in [9.17, 15) is 18.4 Å². The number of anilines is 1. The number of halogens is 2. The maximum atomic E-state index is 13.2. The number of nitrogens with zero attached hydrogens (tertiary/aromatic N) is 1. The Morgan fingerprint density at radius 1 is 1.03 bits per heavy atom. The second kappa shape index (κ2) is 9.84. The Morgan fingerprint density at radius 3 is 2.42 bits per heavy atom. The van der Waals surface area contributed by atoms with Gasteiger partial charge in [0.1, 0.15) is 18.1 Å². The maximum Gasteiger partial charge on any atom is 0.243 e. The molecule has 7 nitrogen and oxygen atoms in total. The van der Waals surface area contributed by atoms with Gasteiger partial charge in [-0.15, -0.1) is 0 Å². The molecule has 0 radical (unpaired) electrons. The highest BCUT2D eigenvalue weighted by molar-refractivity contribution is 5.94. The van der Waals surface area contributed by atoms with Crippen LogP contribution in [0.3, 0.4) is 0 Å². The predicted octanol–water partition coefficient (Wildman–Crippen LogP) is 3.45. The third kappa shape index (κ3) is 6.11. The molecule has 2 amide bonds. The quantitative estimate of drug-likeness (QED) is 0.572. The molecule has 1 heterocycles. The minimum Gasteiger partial charge on any atom is -0.489 e. The average Bonchev–Trinajstić information content (AvgIpc) is 3.06. The zero-order chi connectivity index (χ0) is 22.4. The van der Waals surface area contributed by atoms with Gasteiger partial charge in [-0.3, -0.25) is 9.59 Å². The number of hydrogen-bond donors (Lipinski definition) is 2. The van der Waals surface area contributed by atoms with Crippen LogP contribution in [0.25, 0.3) is 0 Å². The summed E-state index contributed by atoms with van der Waals surface area (Å²) in [5, 5.41) is 8.74. The van der Waals surface area contributed by atoms with Crippen LogP contribution in [-0.2, 0) is 22.6 Å². The molecule has 0 aliphatic carbocycles. The largest absolute Gasteiger partial charge is 0.489 e. The van der Waals surface area contributed by atoms with E-state index >= 15 is 0 Å². The van der Waals surface area contributed by atoms with Crippen LogP contribution in [0.4, 0.5) is 14.5 Å². The van der Waals surface area contributed by atoms with E-state index in [4.69, 9.17) is 9.26 Å². The van der Waals surface area contributed by atoms with Crippen molar-refractivity contribution in [3.05, 3.63) is 76.7 Å². The summed E-state index contributed by atoms with van der Waals surface area (Å²) in [6, 6.07) is 10.0. The fourth-order valence-electron chi connectivity index (χ4n) is 2.77. The van der Waals surface area contributed by atoms with Gasteiger partial charge >= 0.3 is 0 Å². The van der Waals surface area contributed by atoms with Crippen molar-refractivity contribution in [1.82, 2.24) is 10.5 Å². The van der Waals surface area contributed by atoms with Crippen LogP contribution in [0, 0.1) is 25.5 Å². The van der Waals surface area contributed by atoms with Gasteiger partial charge < -0.3 is 19.9 Å². The highest BCUT2D eigenvalue weighted by Gasteiger charge is 2.11. The molecule has 3 rings (SSSR count). The third-order valence-electron chi connectivity index (χ3n) is 4.50. The van der Waals surface area contributed by atoms with Crippen molar-refractivity contribution in [3.8, 4) is 5.75 Å². The van der Waals surface area contributed by atoms with Crippen molar-refractivity contribution in [2.75, 3.05) is 11.9 Å². The number of amides is 2. The van der Waals surface area contributed by atoms with E-state index in [-0.39, 0.29) is 24.6 Å². The Labute approximate surface area is 177 Å². The molecule has 0 saturated heterocycles. The fourth-order valence-corrected chi connectivity index (χ4v) is 2.77. The zero-order valence-electron chi connectivity index (χ0n) is 17.0. The molecule has 0 aliphatic rings. The monoisotopic (exact) mass is 429 g/mol. The lowest BCUT2D eigenvalue weighted by atomic mass is 10.1. The Balaban J connectivity index is 1.43. The van der Waals surface area contributed by atoms with Crippen molar-refractivity contribution < 1.29 is 27.6 Å². The van der Waals surface area contributed by atoms with E-state index in [1.165, 1.54) is 6.07 Å². The smallest absolute Gasteiger partial charge is 0.243 e. The van der Waals surface area contributed by atoms with E-state index in [1.807, 2.05) is 13.8 Å². The molecule has 31 heavy (non-hydrogen) atoms. The maximum absolute atomic E-state index is 13.2. The van der Waals surface area contributed by atoms with Crippen LogP contribution in [-0.4, -0.2) is 23.5 Å². The molecule has 162 valence electrons. The number of carbonyl (C=O) groups excluding carboxylic acids is 2. The lowest BCUT2D eigenvalue weighted by Gasteiger charge is -2.09. The summed E-state index contributed by atoms with van der Waals surface area (Å²) in [7, 11) is 0. The van der Waals surface area contributed by atoms with Crippen molar-refractivity contribution >= 4 is 17.5 Å². The molecule has 0 unspecified atom stereocenters. The fraction of sp³-hybridized carbons (Fsp3) is 0.227. The first-order valence-corrected chi connectivity index (χ1v) is 9.47. The van der Waals surface area contributed by atoms with Crippen LogP contribution in [0.5, 0.6) is 5.75 Å². The van der Waals surface area contributed by atoms with Gasteiger partial charge in [0.05, 0.1) is 24.2 Å². The molecule has 9 heteroatoms. The summed E-state index contributed by atoms with van der Waals surface area (Å²) in [6.45, 7) is 3.69. The van der Waals surface area contributed by atoms with Crippen molar-refractivity contribution in [3.63, 3.8) is 0 Å². The normalized spacial score (nSPS) is 10.6. The van der Waals surface area contributed by atoms with Gasteiger partial charge in [-0.1, -0.05) is 17.3 Å². The number of benzene rings is 2. The number of ether oxygens (including phenoxy) is 1. The summed E-state index contributed by atoms with van der Waals surface area (Å²) >= 11 is 0. The van der Waals surface area contributed by atoms with Crippen molar-refractivity contribution in [1.29, 1.82) is 0 Å². The SMILES string of the molecule is Cc1noc(C)c1COc1ccc(CC(=O)NCC(=O)Nc2ccc(F)c(F)c2)cc1. The molecular formula is C22H21F2N3O4.